The van der Waals surface area contributed by atoms with Crippen molar-refractivity contribution in [2.24, 2.45) is 0 Å². The average Bonchev–Trinajstić information content (AvgIpc) is 2.39. The van der Waals surface area contributed by atoms with Crippen LogP contribution in [0.4, 0.5) is 0 Å². The number of aromatic amines is 1. The summed E-state index contributed by atoms with van der Waals surface area (Å²) in [6, 6.07) is 7.28. The minimum Gasteiger partial charge on any atom is -0.321 e. The highest BCUT2D eigenvalue weighted by atomic mass is 16.1. The fourth-order valence-corrected chi connectivity index (χ4v) is 1.78. The summed E-state index contributed by atoms with van der Waals surface area (Å²) in [5, 5.41) is 0.908. The van der Waals surface area contributed by atoms with Gasteiger partial charge in [-0.15, -0.1) is 0 Å². The van der Waals surface area contributed by atoms with E-state index in [9.17, 15) is 4.79 Å². The Morgan fingerprint density at radius 1 is 1.06 bits per heavy atom. The number of nitrogens with one attached hydrogen (secondary N) is 1. The zero-order chi connectivity index (χ0) is 11.7. The van der Waals surface area contributed by atoms with E-state index in [1.807, 2.05) is 18.2 Å². The second-order valence-electron chi connectivity index (χ2n) is 3.72. The lowest BCUT2D eigenvalue weighted by molar-refractivity contribution is 1.26. The smallest absolute Gasteiger partial charge is 0.256 e. The molecular weight excluding hydrogens is 214 g/mol. The summed E-state index contributed by atoms with van der Waals surface area (Å²) >= 11 is 0. The number of pyridine rings is 3. The van der Waals surface area contributed by atoms with Crippen LogP contribution in [0.2, 0.25) is 0 Å². The molecule has 0 atom stereocenters. The summed E-state index contributed by atoms with van der Waals surface area (Å²) < 4.78 is 0. The van der Waals surface area contributed by atoms with Gasteiger partial charge in [0, 0.05) is 41.3 Å². The van der Waals surface area contributed by atoms with E-state index in [2.05, 4.69) is 15.0 Å². The third kappa shape index (κ3) is 1.69. The standard InChI is InChI=1S/C13H9N3O/c17-13-11(9-2-1-4-14-7-9)6-10-8-15-5-3-12(10)16-13/h1-8H,(H,16,17). The lowest BCUT2D eigenvalue weighted by atomic mass is 10.1. The minimum atomic E-state index is -0.114. The topological polar surface area (TPSA) is 58.6 Å². The minimum absolute atomic E-state index is 0.114. The Bertz CT molecular complexity index is 719. The van der Waals surface area contributed by atoms with Gasteiger partial charge in [-0.05, 0) is 18.2 Å². The Morgan fingerprint density at radius 3 is 2.76 bits per heavy atom. The Balaban J connectivity index is 2.31. The van der Waals surface area contributed by atoms with Gasteiger partial charge in [0.1, 0.15) is 0 Å². The third-order valence-corrected chi connectivity index (χ3v) is 2.62. The van der Waals surface area contributed by atoms with Crippen LogP contribution in [0, 0.1) is 0 Å². The first-order valence-corrected chi connectivity index (χ1v) is 5.22. The molecule has 0 aliphatic carbocycles. The highest BCUT2D eigenvalue weighted by Gasteiger charge is 2.04. The number of fused-ring (bicyclic) bond motifs is 1. The van der Waals surface area contributed by atoms with Crippen molar-refractivity contribution in [2.45, 2.75) is 0 Å². The van der Waals surface area contributed by atoms with Crippen molar-refractivity contribution < 1.29 is 0 Å². The molecule has 0 saturated heterocycles. The lowest BCUT2D eigenvalue weighted by Gasteiger charge is -2.02. The van der Waals surface area contributed by atoms with Crippen LogP contribution in [0.1, 0.15) is 0 Å². The van der Waals surface area contributed by atoms with Gasteiger partial charge >= 0.3 is 0 Å². The zero-order valence-electron chi connectivity index (χ0n) is 8.92. The zero-order valence-corrected chi connectivity index (χ0v) is 8.92. The Morgan fingerprint density at radius 2 is 1.94 bits per heavy atom. The fraction of sp³-hybridized carbons (Fsp3) is 0. The molecule has 0 bridgehead atoms. The quantitative estimate of drug-likeness (QED) is 0.686. The van der Waals surface area contributed by atoms with Gasteiger partial charge in [-0.2, -0.15) is 0 Å². The summed E-state index contributed by atoms with van der Waals surface area (Å²) in [5.74, 6) is 0. The predicted octanol–water partition coefficient (Wildman–Crippen LogP) is 1.99. The van der Waals surface area contributed by atoms with Crippen molar-refractivity contribution >= 4 is 10.9 Å². The molecule has 0 radical (unpaired) electrons. The summed E-state index contributed by atoms with van der Waals surface area (Å²) in [6.45, 7) is 0. The second-order valence-corrected chi connectivity index (χ2v) is 3.72. The highest BCUT2D eigenvalue weighted by molar-refractivity contribution is 5.82. The molecule has 82 valence electrons. The molecule has 0 spiro atoms. The molecule has 3 heterocycles. The Hall–Kier alpha value is -2.49. The summed E-state index contributed by atoms with van der Waals surface area (Å²) in [5.41, 5.74) is 2.09. The van der Waals surface area contributed by atoms with Crippen molar-refractivity contribution in [2.75, 3.05) is 0 Å². The maximum atomic E-state index is 11.9. The maximum absolute atomic E-state index is 11.9. The number of hydrogen-bond acceptors (Lipinski definition) is 3. The number of hydrogen-bond donors (Lipinski definition) is 1. The summed E-state index contributed by atoms with van der Waals surface area (Å²) in [4.78, 5) is 22.8. The molecule has 1 N–H and O–H groups in total. The SMILES string of the molecule is O=c1[nH]c2ccncc2cc1-c1cccnc1. The molecule has 17 heavy (non-hydrogen) atoms. The van der Waals surface area contributed by atoms with E-state index in [1.54, 1.807) is 30.9 Å². The molecule has 3 aromatic rings. The first-order chi connectivity index (χ1) is 8.34. The Labute approximate surface area is 97.0 Å². The van der Waals surface area contributed by atoms with Crippen LogP contribution in [-0.2, 0) is 0 Å². The van der Waals surface area contributed by atoms with Crippen molar-refractivity contribution in [1.29, 1.82) is 0 Å². The highest BCUT2D eigenvalue weighted by Crippen LogP contribution is 2.17. The van der Waals surface area contributed by atoms with E-state index in [-0.39, 0.29) is 5.56 Å². The molecule has 0 saturated carbocycles. The fourth-order valence-electron chi connectivity index (χ4n) is 1.78. The van der Waals surface area contributed by atoms with Crippen LogP contribution in [-0.4, -0.2) is 15.0 Å². The summed E-state index contributed by atoms with van der Waals surface area (Å²) in [6.07, 6.45) is 6.74. The monoisotopic (exact) mass is 223 g/mol. The molecule has 0 amide bonds. The maximum Gasteiger partial charge on any atom is 0.256 e. The largest absolute Gasteiger partial charge is 0.321 e. The van der Waals surface area contributed by atoms with E-state index in [4.69, 9.17) is 0 Å². The van der Waals surface area contributed by atoms with Gasteiger partial charge in [0.05, 0.1) is 5.52 Å². The van der Waals surface area contributed by atoms with Gasteiger partial charge in [-0.1, -0.05) is 6.07 Å². The first kappa shape index (κ1) is 9.72. The van der Waals surface area contributed by atoms with E-state index in [1.165, 1.54) is 0 Å². The number of aromatic nitrogens is 3. The van der Waals surface area contributed by atoms with Crippen molar-refractivity contribution in [3.8, 4) is 11.1 Å². The first-order valence-electron chi connectivity index (χ1n) is 5.22. The molecule has 0 unspecified atom stereocenters. The molecule has 0 fully saturated rings. The van der Waals surface area contributed by atoms with Crippen LogP contribution in [0.5, 0.6) is 0 Å². The second kappa shape index (κ2) is 3.83. The van der Waals surface area contributed by atoms with Crippen LogP contribution < -0.4 is 5.56 Å². The number of nitrogens with zero attached hydrogens (tertiary/aromatic N) is 2. The predicted molar refractivity (Wildman–Crippen MR) is 65.6 cm³/mol. The molecule has 3 rings (SSSR count). The molecular formula is C13H9N3O. The summed E-state index contributed by atoms with van der Waals surface area (Å²) in [7, 11) is 0. The van der Waals surface area contributed by atoms with Crippen molar-refractivity contribution in [3.63, 3.8) is 0 Å². The van der Waals surface area contributed by atoms with Crippen LogP contribution in [0.3, 0.4) is 0 Å². The van der Waals surface area contributed by atoms with Crippen molar-refractivity contribution in [3.05, 3.63) is 59.4 Å². The van der Waals surface area contributed by atoms with E-state index >= 15 is 0 Å². The Kier molecular flexibility index (Phi) is 2.19. The van der Waals surface area contributed by atoms with Gasteiger partial charge < -0.3 is 4.98 Å². The average molecular weight is 223 g/mol. The molecule has 3 aromatic heterocycles. The lowest BCUT2D eigenvalue weighted by Crippen LogP contribution is -2.08. The molecule has 4 heteroatoms. The van der Waals surface area contributed by atoms with Gasteiger partial charge in [0.25, 0.3) is 5.56 Å². The molecule has 4 nitrogen and oxygen atoms in total. The van der Waals surface area contributed by atoms with Gasteiger partial charge in [0.15, 0.2) is 0 Å². The van der Waals surface area contributed by atoms with E-state index in [0.717, 1.165) is 16.5 Å². The van der Waals surface area contributed by atoms with E-state index < -0.39 is 0 Å². The molecule has 0 aliphatic heterocycles. The number of rotatable bonds is 1. The van der Waals surface area contributed by atoms with Gasteiger partial charge in [-0.25, -0.2) is 0 Å². The van der Waals surface area contributed by atoms with Crippen LogP contribution in [0.15, 0.2) is 53.8 Å². The van der Waals surface area contributed by atoms with Crippen LogP contribution >= 0.6 is 0 Å². The number of H-pyrrole nitrogens is 1. The van der Waals surface area contributed by atoms with Crippen molar-refractivity contribution in [1.82, 2.24) is 15.0 Å². The normalized spacial score (nSPS) is 10.6. The van der Waals surface area contributed by atoms with Gasteiger partial charge in [0.2, 0.25) is 0 Å². The molecule has 0 aromatic carbocycles. The van der Waals surface area contributed by atoms with Gasteiger partial charge in [-0.3, -0.25) is 14.8 Å². The molecule has 0 aliphatic rings. The van der Waals surface area contributed by atoms with Crippen LogP contribution in [0.25, 0.3) is 22.0 Å². The van der Waals surface area contributed by atoms with E-state index in [0.29, 0.717) is 5.56 Å². The third-order valence-electron chi connectivity index (χ3n) is 2.62.